The van der Waals surface area contributed by atoms with E-state index in [1.807, 2.05) is 0 Å². The van der Waals surface area contributed by atoms with E-state index in [0.29, 0.717) is 12.8 Å². The maximum Gasteiger partial charge on any atom is 0.292 e. The van der Waals surface area contributed by atoms with Crippen LogP contribution in [0, 0.1) is 16.0 Å². The van der Waals surface area contributed by atoms with E-state index >= 15 is 0 Å². The van der Waals surface area contributed by atoms with Gasteiger partial charge in [-0.25, -0.2) is 12.7 Å². The van der Waals surface area contributed by atoms with Crippen molar-refractivity contribution in [3.8, 4) is 0 Å². The Morgan fingerprint density at radius 1 is 1.32 bits per heavy atom. The molecule has 0 aromatic heterocycles. The lowest BCUT2D eigenvalue weighted by molar-refractivity contribution is -0.383. The molecule has 1 aromatic rings. The van der Waals surface area contributed by atoms with Crippen molar-refractivity contribution >= 4 is 27.3 Å². The summed E-state index contributed by atoms with van der Waals surface area (Å²) < 4.78 is 24.2. The monoisotopic (exact) mass is 327 g/mol. The smallest absolute Gasteiger partial charge is 0.292 e. The zero-order valence-corrected chi connectivity index (χ0v) is 12.9. The lowest BCUT2D eigenvalue weighted by Crippen LogP contribution is -2.40. The average molecular weight is 327 g/mol. The molecule has 0 atom stereocenters. The van der Waals surface area contributed by atoms with E-state index in [1.165, 1.54) is 22.5 Å². The molecule has 1 aliphatic heterocycles. The van der Waals surface area contributed by atoms with Gasteiger partial charge in [0.25, 0.3) is 5.69 Å². The first-order valence-electron chi connectivity index (χ1n) is 6.78. The number of nitro groups is 1. The summed E-state index contributed by atoms with van der Waals surface area (Å²) in [5, 5.41) is 13.5. The van der Waals surface area contributed by atoms with Crippen LogP contribution < -0.4 is 5.32 Å². The highest BCUT2D eigenvalue weighted by molar-refractivity contribution is 7.88. The topological polar surface area (TPSA) is 110 Å². The number of benzene rings is 1. The number of nitrogens with zero attached hydrogens (tertiary/aromatic N) is 2. The fraction of sp³-hybridized carbons (Fsp3) is 0.462. The summed E-state index contributed by atoms with van der Waals surface area (Å²) in [6, 6.07) is 5.93. The van der Waals surface area contributed by atoms with Crippen LogP contribution in [0.2, 0.25) is 0 Å². The molecule has 1 amide bonds. The highest BCUT2D eigenvalue weighted by Gasteiger charge is 2.29. The maximum atomic E-state index is 12.2. The molecule has 0 saturated carbocycles. The molecular formula is C13H17N3O5S. The molecular weight excluding hydrogens is 310 g/mol. The number of sulfonamides is 1. The zero-order valence-electron chi connectivity index (χ0n) is 12.1. The van der Waals surface area contributed by atoms with Crippen molar-refractivity contribution in [3.63, 3.8) is 0 Å². The summed E-state index contributed by atoms with van der Waals surface area (Å²) in [7, 11) is -3.24. The van der Waals surface area contributed by atoms with Gasteiger partial charge in [-0.15, -0.1) is 0 Å². The SMILES string of the molecule is CS(=O)(=O)N1CCC(C(=O)Nc2ccccc2[N+](=O)[O-])CC1. The molecule has 8 nitrogen and oxygen atoms in total. The van der Waals surface area contributed by atoms with Crippen molar-refractivity contribution in [2.45, 2.75) is 12.8 Å². The van der Waals surface area contributed by atoms with Crippen LogP contribution in [-0.4, -0.2) is 42.9 Å². The predicted molar refractivity (Wildman–Crippen MR) is 80.9 cm³/mol. The molecule has 1 heterocycles. The third-order valence-corrected chi connectivity index (χ3v) is 4.96. The van der Waals surface area contributed by atoms with Crippen molar-refractivity contribution in [1.29, 1.82) is 0 Å². The molecule has 0 aliphatic carbocycles. The lowest BCUT2D eigenvalue weighted by Gasteiger charge is -2.29. The van der Waals surface area contributed by atoms with E-state index in [2.05, 4.69) is 5.32 Å². The van der Waals surface area contributed by atoms with Gasteiger partial charge in [0.15, 0.2) is 0 Å². The number of hydrogen-bond acceptors (Lipinski definition) is 5. The van der Waals surface area contributed by atoms with Gasteiger partial charge in [-0.1, -0.05) is 12.1 Å². The summed E-state index contributed by atoms with van der Waals surface area (Å²) in [5.74, 6) is -0.666. The summed E-state index contributed by atoms with van der Waals surface area (Å²) in [6.07, 6.45) is 1.94. The highest BCUT2D eigenvalue weighted by Crippen LogP contribution is 2.26. The fourth-order valence-corrected chi connectivity index (χ4v) is 3.30. The van der Waals surface area contributed by atoms with Gasteiger partial charge in [-0.2, -0.15) is 0 Å². The molecule has 120 valence electrons. The number of piperidine rings is 1. The van der Waals surface area contributed by atoms with Crippen LogP contribution in [0.25, 0.3) is 0 Å². The second kappa shape index (κ2) is 6.41. The van der Waals surface area contributed by atoms with Crippen molar-refractivity contribution in [2.75, 3.05) is 24.7 Å². The average Bonchev–Trinajstić information content (AvgIpc) is 2.46. The van der Waals surface area contributed by atoms with Gasteiger partial charge in [0, 0.05) is 25.1 Å². The number of nitrogens with one attached hydrogen (secondary N) is 1. The first kappa shape index (κ1) is 16.4. The molecule has 1 fully saturated rings. The number of para-hydroxylation sites is 2. The molecule has 1 saturated heterocycles. The Balaban J connectivity index is 2.01. The van der Waals surface area contributed by atoms with Gasteiger partial charge in [0.2, 0.25) is 15.9 Å². The Labute approximate surface area is 128 Å². The van der Waals surface area contributed by atoms with E-state index < -0.39 is 14.9 Å². The maximum absolute atomic E-state index is 12.2. The van der Waals surface area contributed by atoms with Crippen LogP contribution in [0.4, 0.5) is 11.4 Å². The van der Waals surface area contributed by atoms with Gasteiger partial charge < -0.3 is 5.32 Å². The molecule has 0 spiro atoms. The molecule has 1 aromatic carbocycles. The molecule has 1 N–H and O–H groups in total. The van der Waals surface area contributed by atoms with Crippen LogP contribution in [0.15, 0.2) is 24.3 Å². The van der Waals surface area contributed by atoms with Crippen LogP contribution >= 0.6 is 0 Å². The van der Waals surface area contributed by atoms with Crippen LogP contribution in [0.1, 0.15) is 12.8 Å². The Hall–Kier alpha value is -2.00. The molecule has 1 aliphatic rings. The van der Waals surface area contributed by atoms with Crippen molar-refractivity contribution < 1.29 is 18.1 Å². The highest BCUT2D eigenvalue weighted by atomic mass is 32.2. The number of nitro benzene ring substituents is 1. The number of anilines is 1. The van der Waals surface area contributed by atoms with E-state index in [4.69, 9.17) is 0 Å². The number of carbonyl (C=O) groups is 1. The van der Waals surface area contributed by atoms with Crippen LogP contribution in [0.5, 0.6) is 0 Å². The number of rotatable bonds is 4. The number of hydrogen-bond donors (Lipinski definition) is 1. The minimum Gasteiger partial charge on any atom is -0.320 e. The Kier molecular flexibility index (Phi) is 4.77. The quantitative estimate of drug-likeness (QED) is 0.660. The lowest BCUT2D eigenvalue weighted by atomic mass is 9.97. The summed E-state index contributed by atoms with van der Waals surface area (Å²) in [5.41, 5.74) is -0.00698. The largest absolute Gasteiger partial charge is 0.320 e. The van der Waals surface area contributed by atoms with Gasteiger partial charge in [0.1, 0.15) is 5.69 Å². The number of carbonyl (C=O) groups excluding carboxylic acids is 1. The Morgan fingerprint density at radius 3 is 2.45 bits per heavy atom. The third kappa shape index (κ3) is 3.80. The summed E-state index contributed by atoms with van der Waals surface area (Å²) in [6.45, 7) is 0.571. The van der Waals surface area contributed by atoms with Crippen LogP contribution in [-0.2, 0) is 14.8 Å². The molecule has 0 unspecified atom stereocenters. The molecule has 0 bridgehead atoms. The Morgan fingerprint density at radius 2 is 1.91 bits per heavy atom. The standard InChI is InChI=1S/C13H17N3O5S/c1-22(20,21)15-8-6-10(7-9-15)13(17)14-11-4-2-3-5-12(11)16(18)19/h2-5,10H,6-9H2,1H3,(H,14,17). The fourth-order valence-electron chi connectivity index (χ4n) is 2.42. The van der Waals surface area contributed by atoms with Crippen LogP contribution in [0.3, 0.4) is 0 Å². The molecule has 22 heavy (non-hydrogen) atoms. The Bertz CT molecular complexity index is 681. The zero-order chi connectivity index (χ0) is 16.3. The van der Waals surface area contributed by atoms with E-state index in [0.717, 1.165) is 6.26 Å². The molecule has 2 rings (SSSR count). The van der Waals surface area contributed by atoms with Crippen molar-refractivity contribution in [2.24, 2.45) is 5.92 Å². The molecule has 0 radical (unpaired) electrons. The second-order valence-corrected chi connectivity index (χ2v) is 7.18. The van der Waals surface area contributed by atoms with Gasteiger partial charge >= 0.3 is 0 Å². The number of amides is 1. The van der Waals surface area contributed by atoms with Crippen molar-refractivity contribution in [3.05, 3.63) is 34.4 Å². The van der Waals surface area contributed by atoms with E-state index in [-0.39, 0.29) is 36.3 Å². The molecule has 9 heteroatoms. The predicted octanol–water partition coefficient (Wildman–Crippen LogP) is 1.20. The van der Waals surface area contributed by atoms with Crippen molar-refractivity contribution in [1.82, 2.24) is 4.31 Å². The van der Waals surface area contributed by atoms with Gasteiger partial charge in [0.05, 0.1) is 11.2 Å². The van der Waals surface area contributed by atoms with Gasteiger partial charge in [-0.3, -0.25) is 14.9 Å². The first-order valence-corrected chi connectivity index (χ1v) is 8.63. The first-order chi connectivity index (χ1) is 10.3. The second-order valence-electron chi connectivity index (χ2n) is 5.20. The van der Waals surface area contributed by atoms with E-state index in [1.54, 1.807) is 6.07 Å². The van der Waals surface area contributed by atoms with Gasteiger partial charge in [-0.05, 0) is 18.9 Å². The summed E-state index contributed by atoms with van der Waals surface area (Å²) in [4.78, 5) is 22.6. The van der Waals surface area contributed by atoms with E-state index in [9.17, 15) is 23.3 Å². The third-order valence-electron chi connectivity index (χ3n) is 3.65. The minimum absolute atomic E-state index is 0.156. The summed E-state index contributed by atoms with van der Waals surface area (Å²) >= 11 is 0. The normalized spacial score (nSPS) is 17.1. The minimum atomic E-state index is -3.24.